The number of sulfone groups is 1. The average molecular weight is 314 g/mol. The summed E-state index contributed by atoms with van der Waals surface area (Å²) in [7, 11) is -3.40. The minimum Gasteiger partial charge on any atom is -0.399 e. The van der Waals surface area contributed by atoms with Crippen LogP contribution in [0.2, 0.25) is 0 Å². The second kappa shape index (κ2) is 7.99. The van der Waals surface area contributed by atoms with E-state index in [9.17, 15) is 13.2 Å². The number of amides is 1. The third-order valence-electron chi connectivity index (χ3n) is 2.72. The van der Waals surface area contributed by atoms with Gasteiger partial charge in [-0.3, -0.25) is 4.79 Å². The molecule has 7 heteroatoms. The molecule has 0 aliphatic heterocycles. The Morgan fingerprint density at radius 3 is 2.62 bits per heavy atom. The quantitative estimate of drug-likeness (QED) is 0.555. The van der Waals surface area contributed by atoms with Gasteiger partial charge in [0.15, 0.2) is 9.84 Å². The van der Waals surface area contributed by atoms with Crippen LogP contribution < -0.4 is 11.1 Å². The average Bonchev–Trinajstić information content (AvgIpc) is 2.40. The lowest BCUT2D eigenvalue weighted by atomic mass is 10.2. The highest BCUT2D eigenvalue weighted by molar-refractivity contribution is 7.90. The molecule has 0 aromatic heterocycles. The molecule has 1 aromatic carbocycles. The van der Waals surface area contributed by atoms with Crippen LogP contribution in [0.25, 0.3) is 0 Å². The number of hydrogen-bond donors (Lipinski definition) is 2. The van der Waals surface area contributed by atoms with Gasteiger partial charge in [-0.25, -0.2) is 8.42 Å². The van der Waals surface area contributed by atoms with Gasteiger partial charge in [0.1, 0.15) is 0 Å². The molecule has 0 unspecified atom stereocenters. The van der Waals surface area contributed by atoms with Crippen molar-refractivity contribution in [1.82, 2.24) is 5.32 Å². The van der Waals surface area contributed by atoms with Crippen LogP contribution in [0.3, 0.4) is 0 Å². The molecule has 0 fully saturated rings. The number of anilines is 1. The normalized spacial score (nSPS) is 11.3. The van der Waals surface area contributed by atoms with Gasteiger partial charge in [-0.2, -0.15) is 0 Å². The molecule has 0 aliphatic carbocycles. The Morgan fingerprint density at radius 1 is 1.29 bits per heavy atom. The van der Waals surface area contributed by atoms with Crippen LogP contribution in [0, 0.1) is 0 Å². The van der Waals surface area contributed by atoms with Gasteiger partial charge in [-0.15, -0.1) is 0 Å². The summed E-state index contributed by atoms with van der Waals surface area (Å²) in [5.74, 6) is -0.345. The fourth-order valence-electron chi connectivity index (χ4n) is 1.69. The number of carbonyl (C=O) groups is 1. The van der Waals surface area contributed by atoms with Crippen molar-refractivity contribution in [2.45, 2.75) is 24.7 Å². The van der Waals surface area contributed by atoms with Gasteiger partial charge >= 0.3 is 0 Å². The molecule has 0 saturated heterocycles. The van der Waals surface area contributed by atoms with Gasteiger partial charge in [-0.05, 0) is 31.0 Å². The van der Waals surface area contributed by atoms with Crippen molar-refractivity contribution in [1.29, 1.82) is 0 Å². The Hall–Kier alpha value is -1.60. The van der Waals surface area contributed by atoms with Gasteiger partial charge in [-0.1, -0.05) is 6.92 Å². The minimum absolute atomic E-state index is 0.0407. The van der Waals surface area contributed by atoms with Gasteiger partial charge in [0.05, 0.1) is 4.90 Å². The lowest BCUT2D eigenvalue weighted by Crippen LogP contribution is -2.25. The highest BCUT2D eigenvalue weighted by Crippen LogP contribution is 2.16. The zero-order valence-corrected chi connectivity index (χ0v) is 13.2. The molecule has 118 valence electrons. The first-order valence-corrected chi connectivity index (χ1v) is 8.70. The first kappa shape index (κ1) is 17.5. The largest absolute Gasteiger partial charge is 0.399 e. The molecule has 0 aliphatic rings. The zero-order chi connectivity index (χ0) is 15.9. The van der Waals surface area contributed by atoms with Crippen LogP contribution in [0.5, 0.6) is 0 Å². The van der Waals surface area contributed by atoms with E-state index >= 15 is 0 Å². The van der Waals surface area contributed by atoms with Crippen LogP contribution in [-0.2, 0) is 14.6 Å². The topological polar surface area (TPSA) is 98.5 Å². The second-order valence-electron chi connectivity index (χ2n) is 4.78. The van der Waals surface area contributed by atoms with Gasteiger partial charge < -0.3 is 15.8 Å². The van der Waals surface area contributed by atoms with Gasteiger partial charge in [0.2, 0.25) is 0 Å². The molecule has 1 amide bonds. The summed E-state index contributed by atoms with van der Waals surface area (Å²) in [4.78, 5) is 12.0. The summed E-state index contributed by atoms with van der Waals surface area (Å²) >= 11 is 0. The number of nitrogens with two attached hydrogens (primary N) is 1. The molecular weight excluding hydrogens is 292 g/mol. The van der Waals surface area contributed by atoms with Crippen LogP contribution in [-0.4, -0.2) is 40.3 Å². The fourth-order valence-corrected chi connectivity index (χ4v) is 2.38. The highest BCUT2D eigenvalue weighted by Gasteiger charge is 2.13. The van der Waals surface area contributed by atoms with Crippen molar-refractivity contribution >= 4 is 21.4 Å². The van der Waals surface area contributed by atoms with Crippen molar-refractivity contribution in [3.05, 3.63) is 23.8 Å². The highest BCUT2D eigenvalue weighted by atomic mass is 32.2. The van der Waals surface area contributed by atoms with E-state index in [1.165, 1.54) is 18.2 Å². The zero-order valence-electron chi connectivity index (χ0n) is 12.4. The molecule has 3 N–H and O–H groups in total. The standard InChI is InChI=1S/C14H22N2O4S/c1-3-6-20-7-4-5-16-14(17)11-8-12(15)10-13(9-11)21(2,18)19/h8-10H,3-7,15H2,1-2H3,(H,16,17). The van der Waals surface area contributed by atoms with E-state index < -0.39 is 9.84 Å². The smallest absolute Gasteiger partial charge is 0.251 e. The van der Waals surface area contributed by atoms with E-state index in [1.54, 1.807) is 0 Å². The van der Waals surface area contributed by atoms with Crippen molar-refractivity contribution in [2.24, 2.45) is 0 Å². The summed E-state index contributed by atoms with van der Waals surface area (Å²) in [5.41, 5.74) is 6.12. The molecule has 1 aromatic rings. The monoisotopic (exact) mass is 314 g/mol. The Balaban J connectivity index is 2.60. The Kier molecular flexibility index (Phi) is 6.64. The molecule has 1 rings (SSSR count). The van der Waals surface area contributed by atoms with E-state index in [0.717, 1.165) is 12.7 Å². The number of carbonyl (C=O) groups excluding carboxylic acids is 1. The summed E-state index contributed by atoms with van der Waals surface area (Å²) in [6.07, 6.45) is 2.74. The Labute approximate surface area is 125 Å². The van der Waals surface area contributed by atoms with Crippen LogP contribution in [0.1, 0.15) is 30.1 Å². The van der Waals surface area contributed by atoms with E-state index in [1.807, 2.05) is 6.92 Å². The molecule has 0 radical (unpaired) electrons. The number of nitrogens with one attached hydrogen (secondary N) is 1. The maximum absolute atomic E-state index is 12.0. The van der Waals surface area contributed by atoms with E-state index in [-0.39, 0.29) is 22.1 Å². The number of nitrogen functional groups attached to an aromatic ring is 1. The molecule has 0 spiro atoms. The van der Waals surface area contributed by atoms with Crippen molar-refractivity contribution < 1.29 is 17.9 Å². The molecule has 0 bridgehead atoms. The third kappa shape index (κ3) is 6.14. The first-order chi connectivity index (χ1) is 9.84. The SMILES string of the molecule is CCCOCCCNC(=O)c1cc(N)cc(S(C)(=O)=O)c1. The van der Waals surface area contributed by atoms with Crippen LogP contribution in [0.15, 0.2) is 23.1 Å². The lowest BCUT2D eigenvalue weighted by Gasteiger charge is -2.08. The van der Waals surface area contributed by atoms with Gasteiger partial charge in [0, 0.05) is 37.3 Å². The van der Waals surface area contributed by atoms with E-state index in [2.05, 4.69) is 5.32 Å². The van der Waals surface area contributed by atoms with Crippen LogP contribution >= 0.6 is 0 Å². The molecule has 0 atom stereocenters. The number of hydrogen-bond acceptors (Lipinski definition) is 5. The molecule has 0 heterocycles. The fraction of sp³-hybridized carbons (Fsp3) is 0.500. The maximum atomic E-state index is 12.0. The van der Waals surface area contributed by atoms with Crippen molar-refractivity contribution in [3.8, 4) is 0 Å². The summed E-state index contributed by atoms with van der Waals surface area (Å²) < 4.78 is 28.3. The minimum atomic E-state index is -3.40. The summed E-state index contributed by atoms with van der Waals surface area (Å²) in [5, 5.41) is 2.71. The molecule has 6 nitrogen and oxygen atoms in total. The molecule has 0 saturated carbocycles. The second-order valence-corrected chi connectivity index (χ2v) is 6.80. The Morgan fingerprint density at radius 2 is 2.00 bits per heavy atom. The molecule has 21 heavy (non-hydrogen) atoms. The summed E-state index contributed by atoms with van der Waals surface area (Å²) in [6, 6.07) is 4.12. The number of rotatable bonds is 8. The predicted molar refractivity (Wildman–Crippen MR) is 82.0 cm³/mol. The third-order valence-corrected chi connectivity index (χ3v) is 3.81. The predicted octanol–water partition coefficient (Wildman–Crippen LogP) is 1.22. The van der Waals surface area contributed by atoms with Crippen molar-refractivity contribution in [3.63, 3.8) is 0 Å². The molecular formula is C14H22N2O4S. The van der Waals surface area contributed by atoms with E-state index in [0.29, 0.717) is 26.2 Å². The van der Waals surface area contributed by atoms with E-state index in [4.69, 9.17) is 10.5 Å². The lowest BCUT2D eigenvalue weighted by molar-refractivity contribution is 0.0941. The number of ether oxygens (including phenoxy) is 1. The first-order valence-electron chi connectivity index (χ1n) is 6.81. The summed E-state index contributed by atoms with van der Waals surface area (Å²) in [6.45, 7) is 3.78. The maximum Gasteiger partial charge on any atom is 0.251 e. The van der Waals surface area contributed by atoms with Gasteiger partial charge in [0.25, 0.3) is 5.91 Å². The van der Waals surface area contributed by atoms with Crippen molar-refractivity contribution in [2.75, 3.05) is 31.7 Å². The van der Waals surface area contributed by atoms with Crippen LogP contribution in [0.4, 0.5) is 5.69 Å². The number of benzene rings is 1. The Bertz CT molecular complexity index is 585.